The number of hydrogen-bond acceptors (Lipinski definition) is 2. The lowest BCUT2D eigenvalue weighted by Gasteiger charge is -2.03. The van der Waals surface area contributed by atoms with Crippen LogP contribution in [-0.2, 0) is 6.54 Å². The van der Waals surface area contributed by atoms with Crippen molar-refractivity contribution in [2.24, 2.45) is 0 Å². The molecule has 0 aliphatic heterocycles. The molecule has 0 saturated carbocycles. The number of nitrogens with zero attached hydrogens (tertiary/aromatic N) is 1. The van der Waals surface area contributed by atoms with Crippen molar-refractivity contribution >= 4 is 5.78 Å². The van der Waals surface area contributed by atoms with Crippen LogP contribution in [0.2, 0.25) is 0 Å². The van der Waals surface area contributed by atoms with Crippen LogP contribution in [0.15, 0.2) is 59.5 Å². The Morgan fingerprint density at radius 3 is 2.38 bits per heavy atom. The molecule has 80 valence electrons. The second-order valence-corrected chi connectivity index (χ2v) is 3.46. The van der Waals surface area contributed by atoms with Crippen molar-refractivity contribution in [2.75, 3.05) is 0 Å². The number of hydrogen-bond donors (Lipinski definition) is 0. The molecule has 1 heterocycles. The van der Waals surface area contributed by atoms with Crippen LogP contribution in [0.3, 0.4) is 0 Å². The van der Waals surface area contributed by atoms with E-state index in [9.17, 15) is 9.59 Å². The van der Waals surface area contributed by atoms with Crippen molar-refractivity contribution < 1.29 is 4.79 Å². The highest BCUT2D eigenvalue weighted by atomic mass is 16.1. The number of rotatable bonds is 3. The average molecular weight is 213 g/mol. The zero-order chi connectivity index (χ0) is 11.4. The van der Waals surface area contributed by atoms with E-state index in [-0.39, 0.29) is 17.9 Å². The van der Waals surface area contributed by atoms with Crippen LogP contribution in [0.1, 0.15) is 10.4 Å². The van der Waals surface area contributed by atoms with E-state index in [0.717, 1.165) is 0 Å². The maximum atomic E-state index is 11.8. The lowest BCUT2D eigenvalue weighted by atomic mass is 10.1. The summed E-state index contributed by atoms with van der Waals surface area (Å²) in [6.45, 7) is 0.0870. The monoisotopic (exact) mass is 213 g/mol. The Morgan fingerprint density at radius 2 is 1.69 bits per heavy atom. The molecule has 0 aliphatic carbocycles. The van der Waals surface area contributed by atoms with Gasteiger partial charge in [-0.15, -0.1) is 0 Å². The number of pyridine rings is 1. The lowest BCUT2D eigenvalue weighted by molar-refractivity contribution is 0.0971. The van der Waals surface area contributed by atoms with E-state index in [1.165, 1.54) is 10.6 Å². The maximum absolute atomic E-state index is 11.8. The molecule has 3 heteroatoms. The Bertz CT molecular complexity index is 543. The molecule has 0 N–H and O–H groups in total. The van der Waals surface area contributed by atoms with Gasteiger partial charge in [0.2, 0.25) is 0 Å². The van der Waals surface area contributed by atoms with Gasteiger partial charge in [0.05, 0.1) is 6.54 Å². The van der Waals surface area contributed by atoms with Crippen LogP contribution in [0, 0.1) is 0 Å². The average Bonchev–Trinajstić information content (AvgIpc) is 2.33. The van der Waals surface area contributed by atoms with Gasteiger partial charge in [0.1, 0.15) is 0 Å². The summed E-state index contributed by atoms with van der Waals surface area (Å²) in [6.07, 6.45) is 1.61. The first kappa shape index (κ1) is 10.4. The van der Waals surface area contributed by atoms with E-state index in [0.29, 0.717) is 5.56 Å². The number of carbonyl (C=O) groups excluding carboxylic acids is 1. The normalized spacial score (nSPS) is 10.0. The number of aromatic nitrogens is 1. The maximum Gasteiger partial charge on any atom is 0.250 e. The van der Waals surface area contributed by atoms with E-state index >= 15 is 0 Å². The molecular formula is C13H11NO2. The van der Waals surface area contributed by atoms with Gasteiger partial charge < -0.3 is 4.57 Å². The fourth-order valence-electron chi connectivity index (χ4n) is 1.46. The van der Waals surface area contributed by atoms with Gasteiger partial charge >= 0.3 is 0 Å². The highest BCUT2D eigenvalue weighted by molar-refractivity contribution is 5.95. The first-order chi connectivity index (χ1) is 7.77. The van der Waals surface area contributed by atoms with Gasteiger partial charge in [-0.1, -0.05) is 36.4 Å². The van der Waals surface area contributed by atoms with Crippen molar-refractivity contribution in [2.45, 2.75) is 6.54 Å². The Kier molecular flexibility index (Phi) is 2.96. The largest absolute Gasteiger partial charge is 0.308 e. The van der Waals surface area contributed by atoms with Crippen LogP contribution >= 0.6 is 0 Å². The van der Waals surface area contributed by atoms with Gasteiger partial charge in [-0.2, -0.15) is 0 Å². The van der Waals surface area contributed by atoms with Gasteiger partial charge in [0, 0.05) is 17.8 Å². The molecule has 3 nitrogen and oxygen atoms in total. The van der Waals surface area contributed by atoms with Crippen LogP contribution in [0.4, 0.5) is 0 Å². The minimum Gasteiger partial charge on any atom is -0.308 e. The molecule has 1 aromatic heterocycles. The van der Waals surface area contributed by atoms with Crippen molar-refractivity contribution in [3.63, 3.8) is 0 Å². The number of carbonyl (C=O) groups is 1. The van der Waals surface area contributed by atoms with E-state index in [1.54, 1.807) is 42.6 Å². The second-order valence-electron chi connectivity index (χ2n) is 3.46. The van der Waals surface area contributed by atoms with Crippen LogP contribution in [0.5, 0.6) is 0 Å². The molecule has 0 aliphatic rings. The number of Topliss-reactive ketones (excluding diaryl/α,β-unsaturated/α-hetero) is 1. The zero-order valence-electron chi connectivity index (χ0n) is 8.67. The first-order valence-corrected chi connectivity index (χ1v) is 5.01. The quantitative estimate of drug-likeness (QED) is 0.728. The topological polar surface area (TPSA) is 39.1 Å². The molecule has 2 rings (SSSR count). The van der Waals surface area contributed by atoms with Gasteiger partial charge in [-0.05, 0) is 6.07 Å². The molecule has 0 bridgehead atoms. The lowest BCUT2D eigenvalue weighted by Crippen LogP contribution is -2.22. The SMILES string of the molecule is O=C(Cn1ccccc1=O)c1ccccc1. The highest BCUT2D eigenvalue weighted by Crippen LogP contribution is 2.01. The minimum atomic E-state index is -0.160. The summed E-state index contributed by atoms with van der Waals surface area (Å²) in [5, 5.41) is 0. The molecule has 2 aromatic rings. The third-order valence-corrected chi connectivity index (χ3v) is 2.31. The summed E-state index contributed by atoms with van der Waals surface area (Å²) >= 11 is 0. The Balaban J connectivity index is 2.21. The van der Waals surface area contributed by atoms with Gasteiger partial charge in [-0.3, -0.25) is 9.59 Å². The van der Waals surface area contributed by atoms with Crippen molar-refractivity contribution in [3.8, 4) is 0 Å². The molecule has 0 radical (unpaired) electrons. The third kappa shape index (κ3) is 2.25. The summed E-state index contributed by atoms with van der Waals surface area (Å²) in [7, 11) is 0. The predicted octanol–water partition coefficient (Wildman–Crippen LogP) is 1.73. The summed E-state index contributed by atoms with van der Waals surface area (Å²) in [5.74, 6) is -0.0612. The van der Waals surface area contributed by atoms with Crippen LogP contribution in [0.25, 0.3) is 0 Å². The summed E-state index contributed by atoms with van der Waals surface area (Å²) in [6, 6.07) is 13.8. The molecule has 16 heavy (non-hydrogen) atoms. The molecule has 0 unspecified atom stereocenters. The second kappa shape index (κ2) is 4.57. The highest BCUT2D eigenvalue weighted by Gasteiger charge is 2.05. The third-order valence-electron chi connectivity index (χ3n) is 2.31. The Morgan fingerprint density at radius 1 is 1.00 bits per heavy atom. The minimum absolute atomic E-state index is 0.0612. The Hall–Kier alpha value is -2.16. The van der Waals surface area contributed by atoms with E-state index in [4.69, 9.17) is 0 Å². The molecule has 0 atom stereocenters. The molecular weight excluding hydrogens is 202 g/mol. The van der Waals surface area contributed by atoms with Crippen LogP contribution in [-0.4, -0.2) is 10.4 Å². The van der Waals surface area contributed by atoms with E-state index < -0.39 is 0 Å². The number of benzene rings is 1. The smallest absolute Gasteiger partial charge is 0.250 e. The first-order valence-electron chi connectivity index (χ1n) is 5.01. The molecule has 0 saturated heterocycles. The summed E-state index contributed by atoms with van der Waals surface area (Å²) in [4.78, 5) is 23.2. The number of ketones is 1. The molecule has 1 aromatic carbocycles. The molecule has 0 spiro atoms. The molecule has 0 fully saturated rings. The predicted molar refractivity (Wildman–Crippen MR) is 61.5 cm³/mol. The fraction of sp³-hybridized carbons (Fsp3) is 0.0769. The summed E-state index contributed by atoms with van der Waals surface area (Å²) < 4.78 is 1.40. The Labute approximate surface area is 93.0 Å². The fourth-order valence-corrected chi connectivity index (χ4v) is 1.46. The van der Waals surface area contributed by atoms with E-state index in [1.807, 2.05) is 6.07 Å². The van der Waals surface area contributed by atoms with Gasteiger partial charge in [0.15, 0.2) is 5.78 Å². The van der Waals surface area contributed by atoms with Crippen LogP contribution < -0.4 is 5.56 Å². The van der Waals surface area contributed by atoms with Crippen molar-refractivity contribution in [1.29, 1.82) is 0 Å². The van der Waals surface area contributed by atoms with Crippen molar-refractivity contribution in [1.82, 2.24) is 4.57 Å². The van der Waals surface area contributed by atoms with Crippen molar-refractivity contribution in [3.05, 3.63) is 70.6 Å². The summed E-state index contributed by atoms with van der Waals surface area (Å²) in [5.41, 5.74) is 0.463. The molecule has 0 amide bonds. The van der Waals surface area contributed by atoms with Gasteiger partial charge in [0.25, 0.3) is 5.56 Å². The standard InChI is InChI=1S/C13H11NO2/c15-12(11-6-2-1-3-7-11)10-14-9-5-4-8-13(14)16/h1-9H,10H2. The van der Waals surface area contributed by atoms with E-state index in [2.05, 4.69) is 0 Å². The zero-order valence-corrected chi connectivity index (χ0v) is 8.67. The van der Waals surface area contributed by atoms with Gasteiger partial charge in [-0.25, -0.2) is 0 Å².